The highest BCUT2D eigenvalue weighted by Crippen LogP contribution is 2.27. The highest BCUT2D eigenvalue weighted by molar-refractivity contribution is 7.13. The molecule has 0 radical (unpaired) electrons. The van der Waals surface area contributed by atoms with Gasteiger partial charge in [0, 0.05) is 11.9 Å². The summed E-state index contributed by atoms with van der Waals surface area (Å²) in [7, 11) is 0. The smallest absolute Gasteiger partial charge is 0.234 e. The molecule has 2 heterocycles. The zero-order valence-electron chi connectivity index (χ0n) is 14.5. The number of nitrogens with one attached hydrogen (secondary N) is 1. The third-order valence-corrected chi connectivity index (χ3v) is 5.45. The molecule has 0 aliphatic carbocycles. The molecule has 1 saturated heterocycles. The Morgan fingerprint density at radius 1 is 1.28 bits per heavy atom. The number of nitrogens with two attached hydrogens (primary N) is 1. The van der Waals surface area contributed by atoms with E-state index in [-0.39, 0.29) is 5.91 Å². The Labute approximate surface area is 153 Å². The first kappa shape index (κ1) is 17.9. The van der Waals surface area contributed by atoms with Crippen molar-refractivity contribution in [2.24, 2.45) is 0 Å². The van der Waals surface area contributed by atoms with Crippen LogP contribution in [0.15, 0.2) is 35.7 Å². The lowest BCUT2D eigenvalue weighted by Gasteiger charge is -2.31. The maximum Gasteiger partial charge on any atom is 0.234 e. The maximum absolute atomic E-state index is 12.1. The molecule has 3 N–H and O–H groups in total. The van der Waals surface area contributed by atoms with Gasteiger partial charge in [-0.2, -0.15) is 0 Å². The molecule has 2 aromatic rings. The molecule has 3 rings (SSSR count). The summed E-state index contributed by atoms with van der Waals surface area (Å²) in [6.45, 7) is 3.18. The van der Waals surface area contributed by atoms with E-state index in [0.29, 0.717) is 24.1 Å². The van der Waals surface area contributed by atoms with Crippen LogP contribution in [0.1, 0.15) is 36.4 Å². The Morgan fingerprint density at radius 2 is 2.04 bits per heavy atom. The number of aryl methyl sites for hydroxylation is 1. The summed E-state index contributed by atoms with van der Waals surface area (Å²) in [6, 6.07) is 10.7. The van der Waals surface area contributed by atoms with Gasteiger partial charge in [0.05, 0.1) is 12.2 Å². The third kappa shape index (κ3) is 5.54. The number of nitrogens with zero attached hydrogens (tertiary/aromatic N) is 2. The minimum Gasteiger partial charge on any atom is -0.375 e. The van der Waals surface area contributed by atoms with E-state index in [4.69, 9.17) is 5.73 Å². The van der Waals surface area contributed by atoms with E-state index in [1.165, 1.54) is 16.9 Å². The number of amides is 1. The summed E-state index contributed by atoms with van der Waals surface area (Å²) >= 11 is 1.46. The van der Waals surface area contributed by atoms with Gasteiger partial charge in [0.2, 0.25) is 5.91 Å². The van der Waals surface area contributed by atoms with Crippen LogP contribution in [0.5, 0.6) is 0 Å². The predicted molar refractivity (Wildman–Crippen MR) is 103 cm³/mol. The minimum atomic E-state index is 0.121. The quantitative estimate of drug-likeness (QED) is 0.747. The number of aromatic nitrogens is 1. The fraction of sp³-hybridized carbons (Fsp3) is 0.474. The lowest BCUT2D eigenvalue weighted by atomic mass is 9.89. The standard InChI is InChI=1S/C19H26N4OS/c20-19-22-17(14-25-19)7-4-10-21-18(24)13-23-11-8-16(9-12-23)15-5-2-1-3-6-15/h1-3,5-6,14,16H,4,7-13H2,(H2,20,22)(H,21,24). The molecule has 1 amide bonds. The van der Waals surface area contributed by atoms with Crippen molar-refractivity contribution in [3.8, 4) is 0 Å². The van der Waals surface area contributed by atoms with Crippen LogP contribution in [0, 0.1) is 0 Å². The second kappa shape index (κ2) is 8.97. The number of thiazole rings is 1. The predicted octanol–water partition coefficient (Wildman–Crippen LogP) is 2.65. The molecule has 1 aliphatic heterocycles. The summed E-state index contributed by atoms with van der Waals surface area (Å²) in [6.07, 6.45) is 4.01. The Balaban J connectivity index is 1.31. The molecule has 0 saturated carbocycles. The number of piperidine rings is 1. The largest absolute Gasteiger partial charge is 0.375 e. The van der Waals surface area contributed by atoms with Crippen LogP contribution in [-0.2, 0) is 11.2 Å². The molecule has 0 unspecified atom stereocenters. The first-order valence-corrected chi connectivity index (χ1v) is 9.82. The lowest BCUT2D eigenvalue weighted by Crippen LogP contribution is -2.41. The molecule has 0 atom stereocenters. The molecular weight excluding hydrogens is 332 g/mol. The van der Waals surface area contributed by atoms with Crippen molar-refractivity contribution in [1.29, 1.82) is 0 Å². The summed E-state index contributed by atoms with van der Waals surface area (Å²) in [5.74, 6) is 0.752. The number of rotatable bonds is 7. The van der Waals surface area contributed by atoms with Crippen LogP contribution in [0.2, 0.25) is 0 Å². The SMILES string of the molecule is Nc1nc(CCCNC(=O)CN2CCC(c3ccccc3)CC2)cs1. The van der Waals surface area contributed by atoms with E-state index in [2.05, 4.69) is 45.5 Å². The monoisotopic (exact) mass is 358 g/mol. The van der Waals surface area contributed by atoms with Crippen molar-refractivity contribution < 1.29 is 4.79 Å². The fourth-order valence-corrected chi connectivity index (χ4v) is 3.94. The van der Waals surface area contributed by atoms with E-state index >= 15 is 0 Å². The number of hydrogen-bond acceptors (Lipinski definition) is 5. The van der Waals surface area contributed by atoms with Gasteiger partial charge in [-0.1, -0.05) is 30.3 Å². The van der Waals surface area contributed by atoms with E-state index in [0.717, 1.165) is 44.5 Å². The van der Waals surface area contributed by atoms with Crippen molar-refractivity contribution in [2.75, 3.05) is 31.9 Å². The van der Waals surface area contributed by atoms with Gasteiger partial charge in [-0.05, 0) is 50.3 Å². The van der Waals surface area contributed by atoms with E-state index in [1.807, 2.05) is 5.38 Å². The van der Waals surface area contributed by atoms with Crippen molar-refractivity contribution >= 4 is 22.4 Å². The molecule has 0 spiro atoms. The number of hydrogen-bond donors (Lipinski definition) is 2. The molecule has 5 nitrogen and oxygen atoms in total. The third-order valence-electron chi connectivity index (χ3n) is 4.73. The minimum absolute atomic E-state index is 0.121. The van der Waals surface area contributed by atoms with Crippen LogP contribution in [0.4, 0.5) is 5.13 Å². The number of likely N-dealkylation sites (tertiary alicyclic amines) is 1. The van der Waals surface area contributed by atoms with E-state index in [1.54, 1.807) is 0 Å². The van der Waals surface area contributed by atoms with Gasteiger partial charge in [0.25, 0.3) is 0 Å². The van der Waals surface area contributed by atoms with Crippen LogP contribution < -0.4 is 11.1 Å². The summed E-state index contributed by atoms with van der Waals surface area (Å²) in [5.41, 5.74) is 8.05. The van der Waals surface area contributed by atoms with Gasteiger partial charge in [-0.15, -0.1) is 11.3 Å². The van der Waals surface area contributed by atoms with Gasteiger partial charge in [-0.3, -0.25) is 9.69 Å². The fourth-order valence-electron chi connectivity index (χ4n) is 3.34. The molecule has 1 aliphatic rings. The number of carbonyl (C=O) groups excluding carboxylic acids is 1. The van der Waals surface area contributed by atoms with Crippen molar-refractivity contribution in [3.63, 3.8) is 0 Å². The number of benzene rings is 1. The summed E-state index contributed by atoms with van der Waals surface area (Å²) < 4.78 is 0. The lowest BCUT2D eigenvalue weighted by molar-refractivity contribution is -0.122. The first-order valence-electron chi connectivity index (χ1n) is 8.94. The molecule has 0 bridgehead atoms. The normalized spacial score (nSPS) is 16.0. The van der Waals surface area contributed by atoms with Gasteiger partial charge in [-0.25, -0.2) is 4.98 Å². The highest BCUT2D eigenvalue weighted by Gasteiger charge is 2.21. The molecule has 134 valence electrons. The first-order chi connectivity index (χ1) is 12.2. The average molecular weight is 359 g/mol. The Kier molecular flexibility index (Phi) is 6.42. The van der Waals surface area contributed by atoms with Crippen molar-refractivity contribution in [1.82, 2.24) is 15.2 Å². The van der Waals surface area contributed by atoms with Crippen molar-refractivity contribution in [3.05, 3.63) is 47.0 Å². The summed E-state index contributed by atoms with van der Waals surface area (Å²) in [4.78, 5) is 18.6. The number of anilines is 1. The van der Waals surface area contributed by atoms with Gasteiger partial charge >= 0.3 is 0 Å². The van der Waals surface area contributed by atoms with Gasteiger partial charge in [0.15, 0.2) is 5.13 Å². The zero-order valence-corrected chi connectivity index (χ0v) is 15.3. The van der Waals surface area contributed by atoms with Crippen molar-refractivity contribution in [2.45, 2.75) is 31.6 Å². The summed E-state index contributed by atoms with van der Waals surface area (Å²) in [5, 5.41) is 5.60. The van der Waals surface area contributed by atoms with Crippen LogP contribution in [0.3, 0.4) is 0 Å². The second-order valence-electron chi connectivity index (χ2n) is 6.59. The van der Waals surface area contributed by atoms with Crippen LogP contribution in [0.25, 0.3) is 0 Å². The Hall–Kier alpha value is -1.92. The molecule has 1 fully saturated rings. The van der Waals surface area contributed by atoms with Gasteiger partial charge in [0.1, 0.15) is 0 Å². The topological polar surface area (TPSA) is 71.2 Å². The zero-order chi connectivity index (χ0) is 17.5. The molecule has 1 aromatic carbocycles. The number of carbonyl (C=O) groups is 1. The highest BCUT2D eigenvalue weighted by atomic mass is 32.1. The molecular formula is C19H26N4OS. The molecule has 25 heavy (non-hydrogen) atoms. The van der Waals surface area contributed by atoms with E-state index < -0.39 is 0 Å². The van der Waals surface area contributed by atoms with E-state index in [9.17, 15) is 4.79 Å². The molecule has 6 heteroatoms. The second-order valence-corrected chi connectivity index (χ2v) is 7.48. The van der Waals surface area contributed by atoms with Crippen LogP contribution >= 0.6 is 11.3 Å². The average Bonchev–Trinajstić information content (AvgIpc) is 3.05. The Morgan fingerprint density at radius 3 is 2.72 bits per heavy atom. The van der Waals surface area contributed by atoms with Gasteiger partial charge < -0.3 is 11.1 Å². The maximum atomic E-state index is 12.1. The molecule has 1 aromatic heterocycles. The Bertz CT molecular complexity index is 665. The number of nitrogen functional groups attached to an aromatic ring is 1. The van der Waals surface area contributed by atoms with Crippen LogP contribution in [-0.4, -0.2) is 42.0 Å².